The Labute approximate surface area is 195 Å². The maximum Gasteiger partial charge on any atom is 0.319 e. The summed E-state index contributed by atoms with van der Waals surface area (Å²) in [6.45, 7) is 2.03. The summed E-state index contributed by atoms with van der Waals surface area (Å²) >= 11 is 0. The fraction of sp³-hybridized carbons (Fsp3) is 0.462. The summed E-state index contributed by atoms with van der Waals surface area (Å²) in [6, 6.07) is 12.4. The van der Waals surface area contributed by atoms with Crippen LogP contribution < -0.4 is 20.1 Å². The molecule has 0 bridgehead atoms. The summed E-state index contributed by atoms with van der Waals surface area (Å²) < 4.78 is 10.7. The molecule has 2 atom stereocenters. The third-order valence-electron chi connectivity index (χ3n) is 6.88. The molecule has 2 N–H and O–H groups in total. The van der Waals surface area contributed by atoms with Gasteiger partial charge in [0.15, 0.2) is 0 Å². The molecular weight excluding hydrogens is 418 g/mol. The van der Waals surface area contributed by atoms with Gasteiger partial charge >= 0.3 is 6.03 Å². The Hall–Kier alpha value is -3.22. The highest BCUT2D eigenvalue weighted by atomic mass is 16.5. The molecule has 2 fully saturated rings. The quantitative estimate of drug-likeness (QED) is 0.668. The van der Waals surface area contributed by atoms with Gasteiger partial charge < -0.3 is 25.0 Å². The molecule has 0 aromatic heterocycles. The number of fused-ring (bicyclic) bond motifs is 1. The van der Waals surface area contributed by atoms with E-state index in [1.54, 1.807) is 32.4 Å². The summed E-state index contributed by atoms with van der Waals surface area (Å²) in [5, 5.41) is 5.64. The number of hydrogen-bond donors (Lipinski definition) is 2. The zero-order valence-corrected chi connectivity index (χ0v) is 19.4. The lowest BCUT2D eigenvalue weighted by Crippen LogP contribution is -2.44. The Balaban J connectivity index is 1.35. The Bertz CT molecular complexity index is 976. The normalized spacial score (nSPS) is 19.9. The highest BCUT2D eigenvalue weighted by Gasteiger charge is 2.33. The van der Waals surface area contributed by atoms with Crippen molar-refractivity contribution in [1.82, 2.24) is 10.2 Å². The Morgan fingerprint density at radius 1 is 0.970 bits per heavy atom. The largest absolute Gasteiger partial charge is 0.497 e. The Morgan fingerprint density at radius 2 is 1.73 bits per heavy atom. The first-order valence-electron chi connectivity index (χ1n) is 11.7. The maximum absolute atomic E-state index is 13.2. The van der Waals surface area contributed by atoms with Gasteiger partial charge in [0, 0.05) is 31.4 Å². The SMILES string of the molecule is COc1ccc(CNC(=O)Nc2ccc(C(=O)N3CC[C@H]4CCCC[C@H]4C3)c(OC)c2)cc1. The Kier molecular flexibility index (Phi) is 7.37. The van der Waals surface area contributed by atoms with Crippen LogP contribution in [0.3, 0.4) is 0 Å². The number of urea groups is 1. The molecule has 2 aromatic carbocycles. The van der Waals surface area contributed by atoms with Crippen molar-refractivity contribution in [3.8, 4) is 11.5 Å². The van der Waals surface area contributed by atoms with Crippen LogP contribution in [0.1, 0.15) is 48.0 Å². The topological polar surface area (TPSA) is 79.9 Å². The van der Waals surface area contributed by atoms with E-state index in [1.165, 1.54) is 25.7 Å². The molecular formula is C26H33N3O4. The minimum atomic E-state index is -0.327. The first kappa shape index (κ1) is 23.0. The minimum Gasteiger partial charge on any atom is -0.497 e. The number of nitrogens with one attached hydrogen (secondary N) is 2. The van der Waals surface area contributed by atoms with Crippen LogP contribution in [-0.4, -0.2) is 44.1 Å². The van der Waals surface area contributed by atoms with E-state index in [4.69, 9.17) is 9.47 Å². The molecule has 7 nitrogen and oxygen atoms in total. The number of amides is 3. The zero-order valence-electron chi connectivity index (χ0n) is 19.4. The van der Waals surface area contributed by atoms with Gasteiger partial charge in [-0.25, -0.2) is 4.79 Å². The lowest BCUT2D eigenvalue weighted by Gasteiger charge is -2.41. The molecule has 1 saturated heterocycles. The van der Waals surface area contributed by atoms with Gasteiger partial charge in [0.1, 0.15) is 11.5 Å². The number of likely N-dealkylation sites (tertiary alicyclic amines) is 1. The van der Waals surface area contributed by atoms with E-state index in [-0.39, 0.29) is 11.9 Å². The van der Waals surface area contributed by atoms with Crippen LogP contribution in [0.4, 0.5) is 10.5 Å². The first-order chi connectivity index (χ1) is 16.1. The fourth-order valence-electron chi connectivity index (χ4n) is 5.00. The monoisotopic (exact) mass is 451 g/mol. The summed E-state index contributed by atoms with van der Waals surface area (Å²) in [4.78, 5) is 27.5. The van der Waals surface area contributed by atoms with Gasteiger partial charge in [0.25, 0.3) is 5.91 Å². The van der Waals surface area contributed by atoms with Crippen molar-refractivity contribution in [2.75, 3.05) is 32.6 Å². The van der Waals surface area contributed by atoms with Crippen molar-refractivity contribution in [3.63, 3.8) is 0 Å². The molecule has 1 aliphatic heterocycles. The molecule has 7 heteroatoms. The van der Waals surface area contributed by atoms with Gasteiger partial charge in [-0.1, -0.05) is 31.4 Å². The molecule has 2 aromatic rings. The molecule has 1 heterocycles. The van der Waals surface area contributed by atoms with E-state index in [0.717, 1.165) is 36.7 Å². The molecule has 176 valence electrons. The van der Waals surface area contributed by atoms with Gasteiger partial charge in [-0.15, -0.1) is 0 Å². The van der Waals surface area contributed by atoms with E-state index in [0.29, 0.717) is 29.5 Å². The minimum absolute atomic E-state index is 0.00591. The number of benzene rings is 2. The number of ether oxygens (including phenoxy) is 2. The molecule has 2 aliphatic rings. The molecule has 1 aliphatic carbocycles. The lowest BCUT2D eigenvalue weighted by atomic mass is 9.75. The Morgan fingerprint density at radius 3 is 2.45 bits per heavy atom. The van der Waals surface area contributed by atoms with Crippen molar-refractivity contribution in [2.45, 2.75) is 38.6 Å². The van der Waals surface area contributed by atoms with Crippen LogP contribution in [0.5, 0.6) is 11.5 Å². The highest BCUT2D eigenvalue weighted by Crippen LogP contribution is 2.37. The van der Waals surface area contributed by atoms with Crippen LogP contribution >= 0.6 is 0 Å². The molecule has 4 rings (SSSR count). The third kappa shape index (κ3) is 5.59. The third-order valence-corrected chi connectivity index (χ3v) is 6.88. The van der Waals surface area contributed by atoms with Gasteiger partial charge in [-0.3, -0.25) is 4.79 Å². The predicted molar refractivity (Wildman–Crippen MR) is 128 cm³/mol. The van der Waals surface area contributed by atoms with Crippen molar-refractivity contribution in [1.29, 1.82) is 0 Å². The van der Waals surface area contributed by atoms with Crippen LogP contribution in [0.2, 0.25) is 0 Å². The van der Waals surface area contributed by atoms with E-state index in [2.05, 4.69) is 10.6 Å². The van der Waals surface area contributed by atoms with Gasteiger partial charge in [-0.2, -0.15) is 0 Å². The molecule has 1 saturated carbocycles. The van der Waals surface area contributed by atoms with E-state index in [9.17, 15) is 9.59 Å². The summed E-state index contributed by atoms with van der Waals surface area (Å²) in [5.41, 5.74) is 2.07. The van der Waals surface area contributed by atoms with E-state index >= 15 is 0 Å². The summed E-state index contributed by atoms with van der Waals surface area (Å²) in [6.07, 6.45) is 6.21. The summed E-state index contributed by atoms with van der Waals surface area (Å²) in [7, 11) is 3.17. The van der Waals surface area contributed by atoms with Gasteiger partial charge in [0.2, 0.25) is 0 Å². The van der Waals surface area contributed by atoms with Crippen molar-refractivity contribution >= 4 is 17.6 Å². The van der Waals surface area contributed by atoms with E-state index < -0.39 is 0 Å². The van der Waals surface area contributed by atoms with Crippen molar-refractivity contribution in [2.24, 2.45) is 11.8 Å². The first-order valence-corrected chi connectivity index (χ1v) is 11.7. The standard InChI is InChI=1S/C26H33N3O4/c1-32-22-10-7-18(8-11-22)16-27-26(31)28-21-9-12-23(24(15-21)33-2)25(30)29-14-13-19-5-3-4-6-20(19)17-29/h7-12,15,19-20H,3-6,13-14,16-17H2,1-2H3,(H2,27,28,31)/t19-,20+/m1/s1. The predicted octanol–water partition coefficient (Wildman–Crippen LogP) is 4.68. The second-order valence-corrected chi connectivity index (χ2v) is 8.92. The number of rotatable bonds is 6. The highest BCUT2D eigenvalue weighted by molar-refractivity contribution is 5.98. The molecule has 0 radical (unpaired) electrons. The van der Waals surface area contributed by atoms with Crippen LogP contribution in [0.25, 0.3) is 0 Å². The number of piperidine rings is 1. The molecule has 3 amide bonds. The fourth-order valence-corrected chi connectivity index (χ4v) is 5.00. The zero-order chi connectivity index (χ0) is 23.2. The van der Waals surface area contributed by atoms with Crippen LogP contribution in [0.15, 0.2) is 42.5 Å². The smallest absolute Gasteiger partial charge is 0.319 e. The van der Waals surface area contributed by atoms with Gasteiger partial charge in [0.05, 0.1) is 19.8 Å². The maximum atomic E-state index is 13.2. The average molecular weight is 452 g/mol. The number of nitrogens with zero attached hydrogens (tertiary/aromatic N) is 1. The van der Waals surface area contributed by atoms with Crippen LogP contribution in [-0.2, 0) is 6.54 Å². The molecule has 33 heavy (non-hydrogen) atoms. The van der Waals surface area contributed by atoms with Gasteiger partial charge in [-0.05, 0) is 54.5 Å². The second-order valence-electron chi connectivity index (χ2n) is 8.92. The number of carbonyl (C=O) groups is 2. The number of carbonyl (C=O) groups excluding carboxylic acids is 2. The summed E-state index contributed by atoms with van der Waals surface area (Å²) in [5.74, 6) is 2.64. The second kappa shape index (κ2) is 10.6. The number of methoxy groups -OCH3 is 2. The lowest BCUT2D eigenvalue weighted by molar-refractivity contribution is 0.0518. The average Bonchev–Trinajstić information content (AvgIpc) is 2.87. The number of anilines is 1. The molecule has 0 unspecified atom stereocenters. The van der Waals surface area contributed by atoms with E-state index in [1.807, 2.05) is 29.2 Å². The van der Waals surface area contributed by atoms with Crippen LogP contribution in [0, 0.1) is 11.8 Å². The van der Waals surface area contributed by atoms with Crippen molar-refractivity contribution < 1.29 is 19.1 Å². The number of hydrogen-bond acceptors (Lipinski definition) is 4. The molecule has 0 spiro atoms. The van der Waals surface area contributed by atoms with Crippen molar-refractivity contribution in [3.05, 3.63) is 53.6 Å².